The van der Waals surface area contributed by atoms with Gasteiger partial charge in [0.1, 0.15) is 11.2 Å². The number of carbonyl (C=O) groups is 3. The Morgan fingerprint density at radius 1 is 1.03 bits per heavy atom. The Labute approximate surface area is 197 Å². The van der Waals surface area contributed by atoms with Gasteiger partial charge in [-0.2, -0.15) is 0 Å². The zero-order valence-corrected chi connectivity index (χ0v) is 18.9. The molecule has 1 fully saturated rings. The lowest BCUT2D eigenvalue weighted by Crippen LogP contribution is -2.64. The van der Waals surface area contributed by atoms with Gasteiger partial charge in [0, 0.05) is 18.8 Å². The molecule has 0 bridgehead atoms. The van der Waals surface area contributed by atoms with E-state index in [4.69, 9.17) is 0 Å². The lowest BCUT2D eigenvalue weighted by Gasteiger charge is -2.44. The molecule has 0 radical (unpaired) electrons. The number of nitrogens with zero attached hydrogens (tertiary/aromatic N) is 4. The number of nitrogens with one attached hydrogen (secondary N) is 2. The number of aromatic nitrogens is 3. The van der Waals surface area contributed by atoms with Crippen molar-refractivity contribution in [1.29, 1.82) is 0 Å². The number of hydrogen-bond donors (Lipinski definition) is 2. The number of carbonyl (C=O) groups excluding carboxylic acids is 3. The van der Waals surface area contributed by atoms with Crippen molar-refractivity contribution in [3.63, 3.8) is 0 Å². The third-order valence-electron chi connectivity index (χ3n) is 6.34. The van der Waals surface area contributed by atoms with E-state index in [-0.39, 0.29) is 42.3 Å². The van der Waals surface area contributed by atoms with Crippen LogP contribution in [0.4, 0.5) is 0 Å². The average molecular weight is 459 g/mol. The van der Waals surface area contributed by atoms with Gasteiger partial charge in [0.25, 0.3) is 11.8 Å². The third kappa shape index (κ3) is 4.05. The molecule has 9 heteroatoms. The van der Waals surface area contributed by atoms with Gasteiger partial charge in [-0.15, -0.1) is 0 Å². The molecule has 2 aromatic heterocycles. The highest BCUT2D eigenvalue weighted by atomic mass is 16.2. The molecule has 174 valence electrons. The second-order valence-electron chi connectivity index (χ2n) is 8.92. The zero-order chi connectivity index (χ0) is 23.7. The minimum absolute atomic E-state index is 0.0203. The number of pyridine rings is 1. The lowest BCUT2D eigenvalue weighted by atomic mass is 9.93. The van der Waals surface area contributed by atoms with Gasteiger partial charge in [-0.05, 0) is 37.5 Å². The van der Waals surface area contributed by atoms with Gasteiger partial charge in [0.15, 0.2) is 5.69 Å². The lowest BCUT2D eigenvalue weighted by molar-refractivity contribution is -0.133. The third-order valence-corrected chi connectivity index (χ3v) is 6.34. The van der Waals surface area contributed by atoms with Crippen LogP contribution < -0.4 is 10.6 Å². The van der Waals surface area contributed by atoms with Crippen LogP contribution in [0.15, 0.2) is 61.1 Å². The molecule has 1 aliphatic carbocycles. The highest BCUT2D eigenvalue weighted by molar-refractivity contribution is 6.07. The number of hydrogen-bond acceptors (Lipinski definition) is 5. The molecule has 1 saturated carbocycles. The Kier molecular flexibility index (Phi) is 5.61. The Morgan fingerprint density at radius 3 is 2.50 bits per heavy atom. The first kappa shape index (κ1) is 21.8. The van der Waals surface area contributed by atoms with Crippen molar-refractivity contribution in [2.75, 3.05) is 0 Å². The maximum atomic E-state index is 13.6. The Bertz CT molecular complexity index is 1220. The van der Waals surface area contributed by atoms with Crippen LogP contribution in [0.1, 0.15) is 52.0 Å². The van der Waals surface area contributed by atoms with E-state index in [0.717, 1.165) is 18.4 Å². The molecule has 2 aliphatic rings. The summed E-state index contributed by atoms with van der Waals surface area (Å²) in [4.78, 5) is 50.0. The molecule has 3 heterocycles. The molecule has 1 aromatic carbocycles. The van der Waals surface area contributed by atoms with E-state index in [0.29, 0.717) is 12.2 Å². The van der Waals surface area contributed by atoms with Gasteiger partial charge < -0.3 is 20.1 Å². The average Bonchev–Trinajstić information content (AvgIpc) is 3.60. The molecular formula is C25H26N6O3. The first-order chi connectivity index (χ1) is 16.5. The fourth-order valence-electron chi connectivity index (χ4n) is 4.45. The minimum atomic E-state index is -1.08. The van der Waals surface area contributed by atoms with Crippen molar-refractivity contribution in [1.82, 2.24) is 30.1 Å². The van der Waals surface area contributed by atoms with E-state index >= 15 is 0 Å². The van der Waals surface area contributed by atoms with Gasteiger partial charge in [-0.1, -0.05) is 36.4 Å². The summed E-state index contributed by atoms with van der Waals surface area (Å²) in [5, 5.41) is 5.77. The van der Waals surface area contributed by atoms with Crippen molar-refractivity contribution < 1.29 is 14.4 Å². The highest BCUT2D eigenvalue weighted by Crippen LogP contribution is 2.38. The van der Waals surface area contributed by atoms with Gasteiger partial charge >= 0.3 is 0 Å². The van der Waals surface area contributed by atoms with E-state index in [1.54, 1.807) is 28.7 Å². The summed E-state index contributed by atoms with van der Waals surface area (Å²) >= 11 is 0. The molecule has 0 unspecified atom stereocenters. The largest absolute Gasteiger partial charge is 0.350 e. The molecule has 0 saturated heterocycles. The Morgan fingerprint density at radius 2 is 1.79 bits per heavy atom. The summed E-state index contributed by atoms with van der Waals surface area (Å²) in [5.41, 5.74) is 0.895. The van der Waals surface area contributed by atoms with E-state index in [1.165, 1.54) is 6.33 Å². The summed E-state index contributed by atoms with van der Waals surface area (Å²) in [6.45, 7) is 2.62. The van der Waals surface area contributed by atoms with Crippen molar-refractivity contribution in [2.24, 2.45) is 0 Å². The quantitative estimate of drug-likeness (QED) is 0.562. The van der Waals surface area contributed by atoms with Crippen LogP contribution >= 0.6 is 0 Å². The fourth-order valence-corrected chi connectivity index (χ4v) is 4.45. The predicted molar refractivity (Wildman–Crippen MR) is 124 cm³/mol. The first-order valence-electron chi connectivity index (χ1n) is 11.4. The molecule has 2 N–H and O–H groups in total. The Hall–Kier alpha value is -4.01. The summed E-state index contributed by atoms with van der Waals surface area (Å²) < 4.78 is 1.62. The standard InChI is InChI=1S/C25H26N6O3/c1-25(24(34)28-13-17-7-3-2-4-8-17)15-30-16-29-20(21(30)23(33)31(25)19-10-11-19)22(32)27-14-18-9-5-6-12-26-18/h2-9,12,16,19H,10-11,13-15H2,1H3,(H,27,32)(H,28,34)/t25-/m1/s1. The van der Waals surface area contributed by atoms with Crippen LogP contribution in [0.25, 0.3) is 0 Å². The first-order valence-corrected chi connectivity index (χ1v) is 11.4. The second-order valence-corrected chi connectivity index (χ2v) is 8.92. The maximum Gasteiger partial charge on any atom is 0.274 e. The SMILES string of the molecule is C[C@]1(C(=O)NCc2ccccc2)Cn2cnc(C(=O)NCc3ccccn3)c2C(=O)N1C1CC1. The van der Waals surface area contributed by atoms with Crippen LogP contribution in [0.2, 0.25) is 0 Å². The smallest absolute Gasteiger partial charge is 0.274 e. The van der Waals surface area contributed by atoms with E-state index in [9.17, 15) is 14.4 Å². The predicted octanol–water partition coefficient (Wildman–Crippen LogP) is 1.90. The number of imidazole rings is 1. The fraction of sp³-hybridized carbons (Fsp3) is 0.320. The van der Waals surface area contributed by atoms with Crippen LogP contribution in [-0.2, 0) is 24.4 Å². The molecule has 5 rings (SSSR count). The van der Waals surface area contributed by atoms with E-state index in [2.05, 4.69) is 20.6 Å². The molecule has 34 heavy (non-hydrogen) atoms. The normalized spacial score (nSPS) is 19.4. The molecule has 1 atom stereocenters. The number of amides is 3. The highest BCUT2D eigenvalue weighted by Gasteiger charge is 2.53. The van der Waals surface area contributed by atoms with Crippen LogP contribution in [0.5, 0.6) is 0 Å². The van der Waals surface area contributed by atoms with Crippen LogP contribution in [-0.4, -0.2) is 48.7 Å². The van der Waals surface area contributed by atoms with Crippen molar-refractivity contribution >= 4 is 17.7 Å². The summed E-state index contributed by atoms with van der Waals surface area (Å²) in [5.74, 6) is -1.01. The molecule has 9 nitrogen and oxygen atoms in total. The van der Waals surface area contributed by atoms with E-state index < -0.39 is 11.4 Å². The number of benzene rings is 1. The monoisotopic (exact) mass is 458 g/mol. The zero-order valence-electron chi connectivity index (χ0n) is 18.9. The molecular weight excluding hydrogens is 432 g/mol. The number of rotatable bonds is 7. The van der Waals surface area contributed by atoms with Gasteiger partial charge in [-0.25, -0.2) is 4.98 Å². The van der Waals surface area contributed by atoms with Crippen LogP contribution in [0, 0.1) is 0 Å². The summed E-state index contributed by atoms with van der Waals surface area (Å²) in [6, 6.07) is 15.1. The van der Waals surface area contributed by atoms with Crippen molar-refractivity contribution in [2.45, 2.75) is 51.0 Å². The Balaban J connectivity index is 1.37. The van der Waals surface area contributed by atoms with Gasteiger partial charge in [0.2, 0.25) is 5.91 Å². The molecule has 3 amide bonds. The van der Waals surface area contributed by atoms with Gasteiger partial charge in [-0.3, -0.25) is 19.4 Å². The summed E-state index contributed by atoms with van der Waals surface area (Å²) in [6.07, 6.45) is 4.79. The molecule has 1 aliphatic heterocycles. The maximum absolute atomic E-state index is 13.6. The molecule has 0 spiro atoms. The number of fused-ring (bicyclic) bond motifs is 1. The van der Waals surface area contributed by atoms with Gasteiger partial charge in [0.05, 0.1) is 25.1 Å². The minimum Gasteiger partial charge on any atom is -0.350 e. The molecule has 3 aromatic rings. The van der Waals surface area contributed by atoms with E-state index in [1.807, 2.05) is 42.5 Å². The van der Waals surface area contributed by atoms with Crippen LogP contribution in [0.3, 0.4) is 0 Å². The second kappa shape index (κ2) is 8.74. The topological polar surface area (TPSA) is 109 Å². The van der Waals surface area contributed by atoms with Crippen molar-refractivity contribution in [3.05, 3.63) is 83.7 Å². The van der Waals surface area contributed by atoms with Crippen molar-refractivity contribution in [3.8, 4) is 0 Å². The summed E-state index contributed by atoms with van der Waals surface area (Å²) in [7, 11) is 0.